The summed E-state index contributed by atoms with van der Waals surface area (Å²) in [7, 11) is 0. The van der Waals surface area contributed by atoms with E-state index in [1.807, 2.05) is 29.2 Å². The lowest BCUT2D eigenvalue weighted by Crippen LogP contribution is -2.54. The fourth-order valence-corrected chi connectivity index (χ4v) is 2.74. The zero-order valence-corrected chi connectivity index (χ0v) is 13.1. The van der Waals surface area contributed by atoms with E-state index in [0.29, 0.717) is 6.42 Å². The molecule has 1 amide bonds. The fourth-order valence-electron chi connectivity index (χ4n) is 2.48. The minimum atomic E-state index is 0.00757. The molecule has 1 aliphatic rings. The second-order valence-electron chi connectivity index (χ2n) is 6.00. The number of likely N-dealkylation sites (tertiary alicyclic amines) is 1. The number of benzene rings is 1. The lowest BCUT2D eigenvalue weighted by atomic mass is 9.79. The van der Waals surface area contributed by atoms with E-state index < -0.39 is 0 Å². The number of hydrogen-bond acceptors (Lipinski definition) is 2. The Balaban J connectivity index is 1.99. The highest BCUT2D eigenvalue weighted by molar-refractivity contribution is 9.10. The maximum atomic E-state index is 12.3. The monoisotopic (exact) mass is 324 g/mol. The lowest BCUT2D eigenvalue weighted by molar-refractivity contribution is -0.133. The van der Waals surface area contributed by atoms with Gasteiger partial charge in [-0.25, -0.2) is 0 Å². The van der Waals surface area contributed by atoms with Gasteiger partial charge in [0.25, 0.3) is 0 Å². The van der Waals surface area contributed by atoms with E-state index in [1.165, 1.54) is 0 Å². The first-order valence-corrected chi connectivity index (χ1v) is 7.45. The van der Waals surface area contributed by atoms with Crippen LogP contribution in [0.4, 0.5) is 0 Å². The molecule has 1 aromatic carbocycles. The minimum Gasteiger partial charge on any atom is -0.342 e. The van der Waals surface area contributed by atoms with Crippen LogP contribution in [0.1, 0.15) is 25.8 Å². The van der Waals surface area contributed by atoms with Gasteiger partial charge in [-0.15, -0.1) is 0 Å². The Kier molecular flexibility index (Phi) is 4.31. The maximum absolute atomic E-state index is 12.3. The van der Waals surface area contributed by atoms with Crippen LogP contribution in [0.2, 0.25) is 0 Å². The highest BCUT2D eigenvalue weighted by Gasteiger charge is 2.35. The van der Waals surface area contributed by atoms with Crippen molar-refractivity contribution in [1.29, 1.82) is 0 Å². The van der Waals surface area contributed by atoms with Gasteiger partial charge in [0.05, 0.1) is 6.42 Å². The Bertz CT molecular complexity index is 456. The van der Waals surface area contributed by atoms with Crippen LogP contribution >= 0.6 is 15.9 Å². The van der Waals surface area contributed by atoms with Gasteiger partial charge >= 0.3 is 0 Å². The van der Waals surface area contributed by atoms with Crippen molar-refractivity contribution in [1.82, 2.24) is 4.90 Å². The van der Waals surface area contributed by atoms with E-state index in [1.54, 1.807) is 0 Å². The van der Waals surface area contributed by atoms with Crippen molar-refractivity contribution in [3.63, 3.8) is 0 Å². The van der Waals surface area contributed by atoms with Crippen molar-refractivity contribution in [2.45, 2.75) is 32.7 Å². The number of amides is 1. The summed E-state index contributed by atoms with van der Waals surface area (Å²) in [6.07, 6.45) is 1.36. The summed E-state index contributed by atoms with van der Waals surface area (Å²) < 4.78 is 1.04. The second-order valence-corrected chi connectivity index (χ2v) is 6.92. The van der Waals surface area contributed by atoms with Gasteiger partial charge in [0, 0.05) is 23.6 Å². The highest BCUT2D eigenvalue weighted by atomic mass is 79.9. The van der Waals surface area contributed by atoms with Crippen LogP contribution in [0.3, 0.4) is 0 Å². The number of carbonyl (C=O) groups excluding carboxylic acids is 1. The molecule has 2 rings (SSSR count). The van der Waals surface area contributed by atoms with Crippen molar-refractivity contribution < 1.29 is 4.79 Å². The van der Waals surface area contributed by atoms with E-state index in [9.17, 15) is 4.79 Å². The summed E-state index contributed by atoms with van der Waals surface area (Å²) in [5.41, 5.74) is 7.16. The molecule has 3 nitrogen and oxygen atoms in total. The first-order chi connectivity index (χ1) is 8.88. The third-order valence-electron chi connectivity index (χ3n) is 3.93. The molecule has 1 aromatic rings. The molecule has 0 radical (unpaired) electrons. The van der Waals surface area contributed by atoms with Crippen LogP contribution in [0.5, 0.6) is 0 Å². The molecule has 1 aliphatic heterocycles. The van der Waals surface area contributed by atoms with Gasteiger partial charge in [0.15, 0.2) is 0 Å². The van der Waals surface area contributed by atoms with E-state index in [4.69, 9.17) is 5.73 Å². The van der Waals surface area contributed by atoms with Crippen LogP contribution in [0.15, 0.2) is 28.7 Å². The van der Waals surface area contributed by atoms with Gasteiger partial charge in [-0.05, 0) is 29.5 Å². The van der Waals surface area contributed by atoms with Crippen LogP contribution in [0.25, 0.3) is 0 Å². The molecular formula is C15H21BrN2O. The molecule has 1 heterocycles. The quantitative estimate of drug-likeness (QED) is 0.908. The number of rotatable bonds is 2. The van der Waals surface area contributed by atoms with Gasteiger partial charge in [-0.2, -0.15) is 0 Å². The first-order valence-electron chi connectivity index (χ1n) is 6.66. The number of halogens is 1. The van der Waals surface area contributed by atoms with Crippen LogP contribution in [-0.4, -0.2) is 29.9 Å². The number of nitrogens with two attached hydrogens (primary N) is 1. The third kappa shape index (κ3) is 3.57. The average molecular weight is 325 g/mol. The van der Waals surface area contributed by atoms with Gasteiger partial charge in [0.1, 0.15) is 0 Å². The Morgan fingerprint density at radius 1 is 1.42 bits per heavy atom. The van der Waals surface area contributed by atoms with E-state index in [2.05, 4.69) is 29.8 Å². The van der Waals surface area contributed by atoms with Gasteiger partial charge in [-0.3, -0.25) is 4.79 Å². The van der Waals surface area contributed by atoms with Crippen LogP contribution < -0.4 is 5.73 Å². The van der Waals surface area contributed by atoms with Gasteiger partial charge < -0.3 is 10.6 Å². The Morgan fingerprint density at radius 3 is 2.63 bits per heavy atom. The average Bonchev–Trinajstić information content (AvgIpc) is 2.35. The molecule has 0 spiro atoms. The van der Waals surface area contributed by atoms with Crippen molar-refractivity contribution in [2.75, 3.05) is 13.1 Å². The molecule has 4 heteroatoms. The Hall–Kier alpha value is -0.870. The predicted octanol–water partition coefficient (Wildman–Crippen LogP) is 2.58. The maximum Gasteiger partial charge on any atom is 0.227 e. The molecule has 0 aromatic heterocycles. The Labute approximate surface area is 123 Å². The molecule has 19 heavy (non-hydrogen) atoms. The zero-order valence-electron chi connectivity index (χ0n) is 11.5. The predicted molar refractivity (Wildman–Crippen MR) is 80.8 cm³/mol. The summed E-state index contributed by atoms with van der Waals surface area (Å²) in [6, 6.07) is 8.10. The van der Waals surface area contributed by atoms with Crippen molar-refractivity contribution in [2.24, 2.45) is 11.1 Å². The molecule has 0 bridgehead atoms. The summed E-state index contributed by atoms with van der Waals surface area (Å²) >= 11 is 3.40. The summed E-state index contributed by atoms with van der Waals surface area (Å²) in [5, 5.41) is 0. The fraction of sp³-hybridized carbons (Fsp3) is 0.533. The molecule has 0 saturated carbocycles. The molecule has 0 aliphatic carbocycles. The lowest BCUT2D eigenvalue weighted by Gasteiger charge is -2.42. The second kappa shape index (κ2) is 5.63. The standard InChI is InChI=1S/C15H21BrN2O/c1-15(2)10-18(8-7-13(15)17)14(19)9-11-3-5-12(16)6-4-11/h3-6,13H,7-10,17H2,1-2H3. The normalized spacial score (nSPS) is 22.3. The number of hydrogen-bond donors (Lipinski definition) is 1. The smallest absolute Gasteiger partial charge is 0.227 e. The molecule has 104 valence electrons. The largest absolute Gasteiger partial charge is 0.342 e. The molecule has 1 saturated heterocycles. The minimum absolute atomic E-state index is 0.00757. The third-order valence-corrected chi connectivity index (χ3v) is 4.46. The molecular weight excluding hydrogens is 304 g/mol. The zero-order chi connectivity index (χ0) is 14.0. The molecule has 1 fully saturated rings. The summed E-state index contributed by atoms with van der Waals surface area (Å²) in [5.74, 6) is 0.197. The van der Waals surface area contributed by atoms with Crippen molar-refractivity contribution >= 4 is 21.8 Å². The van der Waals surface area contributed by atoms with Crippen molar-refractivity contribution in [3.05, 3.63) is 34.3 Å². The molecule has 1 unspecified atom stereocenters. The molecule has 2 N–H and O–H groups in total. The number of piperidine rings is 1. The first kappa shape index (κ1) is 14.5. The van der Waals surface area contributed by atoms with Gasteiger partial charge in [-0.1, -0.05) is 41.9 Å². The Morgan fingerprint density at radius 2 is 2.05 bits per heavy atom. The van der Waals surface area contributed by atoms with E-state index in [-0.39, 0.29) is 17.4 Å². The summed E-state index contributed by atoms with van der Waals surface area (Å²) in [4.78, 5) is 14.3. The number of carbonyl (C=O) groups is 1. The van der Waals surface area contributed by atoms with Crippen molar-refractivity contribution in [3.8, 4) is 0 Å². The van der Waals surface area contributed by atoms with Crippen LogP contribution in [0, 0.1) is 5.41 Å². The highest BCUT2D eigenvalue weighted by Crippen LogP contribution is 2.28. The summed E-state index contributed by atoms with van der Waals surface area (Å²) in [6.45, 7) is 5.80. The number of nitrogens with zero attached hydrogens (tertiary/aromatic N) is 1. The SMILES string of the molecule is CC1(C)CN(C(=O)Cc2ccc(Br)cc2)CCC1N. The van der Waals surface area contributed by atoms with Crippen LogP contribution in [-0.2, 0) is 11.2 Å². The topological polar surface area (TPSA) is 46.3 Å². The molecule has 1 atom stereocenters. The van der Waals surface area contributed by atoms with E-state index >= 15 is 0 Å². The van der Waals surface area contributed by atoms with Gasteiger partial charge in [0.2, 0.25) is 5.91 Å². The van der Waals surface area contributed by atoms with E-state index in [0.717, 1.165) is 29.5 Å².